The maximum Gasteiger partial charge on any atom is 0.408 e. The first-order chi connectivity index (χ1) is 17.8. The summed E-state index contributed by atoms with van der Waals surface area (Å²) >= 11 is 1.58. The summed E-state index contributed by atoms with van der Waals surface area (Å²) in [5.74, 6) is 0.0171. The van der Waals surface area contributed by atoms with Crippen LogP contribution in [0.4, 0.5) is 10.5 Å². The van der Waals surface area contributed by atoms with Gasteiger partial charge >= 0.3 is 6.09 Å². The Kier molecular flexibility index (Phi) is 11.2. The van der Waals surface area contributed by atoms with Crippen molar-refractivity contribution in [3.8, 4) is 0 Å². The molecular formula is C30H43N3O4S. The molecule has 0 heterocycles. The number of rotatable bonds is 10. The number of ether oxygens (including phenoxy) is 1. The Balaban J connectivity index is 2.57. The molecule has 3 amide bonds. The van der Waals surface area contributed by atoms with Gasteiger partial charge in [-0.2, -0.15) is 11.8 Å². The van der Waals surface area contributed by atoms with Crippen molar-refractivity contribution in [1.29, 1.82) is 0 Å². The van der Waals surface area contributed by atoms with Crippen LogP contribution < -0.4 is 10.6 Å². The summed E-state index contributed by atoms with van der Waals surface area (Å²) in [6.07, 6.45) is 1.69. The molecule has 0 spiro atoms. The van der Waals surface area contributed by atoms with Gasteiger partial charge in [0.1, 0.15) is 17.7 Å². The van der Waals surface area contributed by atoms with Crippen molar-refractivity contribution in [3.63, 3.8) is 0 Å². The maximum absolute atomic E-state index is 14.2. The summed E-state index contributed by atoms with van der Waals surface area (Å²) in [7, 11) is 0. The molecule has 0 saturated carbocycles. The number of alkyl carbamates (subject to hydrolysis) is 1. The zero-order valence-corrected chi connectivity index (χ0v) is 25.0. The van der Waals surface area contributed by atoms with Crippen LogP contribution in [-0.4, -0.2) is 52.5 Å². The van der Waals surface area contributed by atoms with Crippen LogP contribution in [-0.2, 0) is 14.3 Å². The van der Waals surface area contributed by atoms with E-state index in [1.807, 2.05) is 83.3 Å². The zero-order valence-electron chi connectivity index (χ0n) is 24.2. The number of benzene rings is 2. The number of carbonyl (C=O) groups is 3. The molecule has 2 aromatic carbocycles. The number of hydrogen-bond acceptors (Lipinski definition) is 5. The van der Waals surface area contributed by atoms with Crippen molar-refractivity contribution < 1.29 is 19.1 Å². The number of para-hydroxylation sites is 1. The molecule has 7 nitrogen and oxygen atoms in total. The van der Waals surface area contributed by atoms with Crippen LogP contribution in [0.1, 0.15) is 69.3 Å². The van der Waals surface area contributed by atoms with Gasteiger partial charge in [0.25, 0.3) is 5.91 Å². The van der Waals surface area contributed by atoms with Crippen molar-refractivity contribution in [1.82, 2.24) is 10.2 Å². The Labute approximate surface area is 232 Å². The van der Waals surface area contributed by atoms with Gasteiger partial charge in [-0.3, -0.25) is 9.59 Å². The molecule has 2 aromatic rings. The van der Waals surface area contributed by atoms with Gasteiger partial charge in [-0.1, -0.05) is 36.4 Å². The SMILES string of the molecule is CSCCC(NC(=O)OC(C)(C)C)C(=O)N(C(C)C)C(C(=O)Nc1ccccc1C)c1cccc(C)c1C. The number of nitrogens with zero attached hydrogens (tertiary/aromatic N) is 1. The molecule has 0 aliphatic carbocycles. The van der Waals surface area contributed by atoms with E-state index in [-0.39, 0.29) is 17.9 Å². The lowest BCUT2D eigenvalue weighted by Crippen LogP contribution is -2.54. The monoisotopic (exact) mass is 541 g/mol. The predicted molar refractivity (Wildman–Crippen MR) is 157 cm³/mol. The molecule has 2 N–H and O–H groups in total. The Hall–Kier alpha value is -3.00. The fourth-order valence-electron chi connectivity index (χ4n) is 4.20. The average Bonchev–Trinajstić information content (AvgIpc) is 2.81. The minimum atomic E-state index is -0.903. The molecule has 0 saturated heterocycles. The van der Waals surface area contributed by atoms with Crippen LogP contribution in [0.15, 0.2) is 42.5 Å². The van der Waals surface area contributed by atoms with Crippen molar-refractivity contribution in [2.45, 2.75) is 85.5 Å². The molecular weight excluding hydrogens is 498 g/mol. The van der Waals surface area contributed by atoms with Crippen molar-refractivity contribution in [2.24, 2.45) is 0 Å². The van der Waals surface area contributed by atoms with Crippen LogP contribution in [0.3, 0.4) is 0 Å². The average molecular weight is 542 g/mol. The summed E-state index contributed by atoms with van der Waals surface area (Å²) in [6.45, 7) is 15.0. The molecule has 0 aromatic heterocycles. The highest BCUT2D eigenvalue weighted by molar-refractivity contribution is 7.98. The van der Waals surface area contributed by atoms with Crippen molar-refractivity contribution in [3.05, 3.63) is 64.7 Å². The standard InChI is InChI=1S/C30H43N3O4S/c1-19(2)33(28(35)25(17-18-38-9)32-29(36)37-30(6,7)8)26(23-15-12-14-20(3)22(23)5)27(34)31-24-16-11-10-13-21(24)4/h10-16,19,25-26H,17-18H2,1-9H3,(H,31,34)(H,32,36). The van der Waals surface area contributed by atoms with E-state index >= 15 is 0 Å². The van der Waals surface area contributed by atoms with Crippen LogP contribution in [0.2, 0.25) is 0 Å². The summed E-state index contributed by atoms with van der Waals surface area (Å²) in [5.41, 5.74) is 3.62. The number of amides is 3. The smallest absolute Gasteiger partial charge is 0.408 e. The zero-order chi connectivity index (χ0) is 28.6. The lowest BCUT2D eigenvalue weighted by Gasteiger charge is -2.38. The lowest BCUT2D eigenvalue weighted by molar-refractivity contribution is -0.143. The van der Waals surface area contributed by atoms with Crippen LogP contribution >= 0.6 is 11.8 Å². The van der Waals surface area contributed by atoms with Gasteiger partial charge < -0.3 is 20.3 Å². The summed E-state index contributed by atoms with van der Waals surface area (Å²) < 4.78 is 5.45. The van der Waals surface area contributed by atoms with Gasteiger partial charge in [-0.15, -0.1) is 0 Å². The van der Waals surface area contributed by atoms with E-state index < -0.39 is 23.8 Å². The molecule has 0 fully saturated rings. The number of aryl methyl sites for hydroxylation is 2. The minimum Gasteiger partial charge on any atom is -0.444 e. The molecule has 0 aliphatic rings. The number of anilines is 1. The molecule has 8 heteroatoms. The van der Waals surface area contributed by atoms with Crippen molar-refractivity contribution >= 4 is 35.4 Å². The Morgan fingerprint density at radius 1 is 0.974 bits per heavy atom. The second-order valence-electron chi connectivity index (χ2n) is 10.8. The predicted octanol–water partition coefficient (Wildman–Crippen LogP) is 6.18. The fraction of sp³-hybridized carbons (Fsp3) is 0.500. The summed E-state index contributed by atoms with van der Waals surface area (Å²) in [6, 6.07) is 11.3. The highest BCUT2D eigenvalue weighted by atomic mass is 32.2. The van der Waals surface area contributed by atoms with Gasteiger partial charge in [0.2, 0.25) is 5.91 Å². The first-order valence-corrected chi connectivity index (χ1v) is 14.4. The van der Waals surface area contributed by atoms with Gasteiger partial charge in [-0.05, 0) is 102 Å². The van der Waals surface area contributed by atoms with Crippen molar-refractivity contribution in [2.75, 3.05) is 17.3 Å². The molecule has 2 unspecified atom stereocenters. The Bertz CT molecular complexity index is 1130. The third-order valence-electron chi connectivity index (χ3n) is 6.28. The Morgan fingerprint density at radius 3 is 2.18 bits per heavy atom. The van der Waals surface area contributed by atoms with E-state index in [2.05, 4.69) is 10.6 Å². The van der Waals surface area contributed by atoms with Gasteiger partial charge in [0.05, 0.1) is 0 Å². The Morgan fingerprint density at radius 2 is 1.61 bits per heavy atom. The van der Waals surface area contributed by atoms with Gasteiger partial charge in [0, 0.05) is 11.7 Å². The summed E-state index contributed by atoms with van der Waals surface area (Å²) in [4.78, 5) is 42.5. The molecule has 0 radical (unpaired) electrons. The number of carbonyl (C=O) groups excluding carboxylic acids is 3. The fourth-order valence-corrected chi connectivity index (χ4v) is 4.68. The van der Waals surface area contributed by atoms with E-state index in [4.69, 9.17) is 4.74 Å². The summed E-state index contributed by atoms with van der Waals surface area (Å²) in [5, 5.41) is 5.83. The minimum absolute atomic E-state index is 0.309. The third-order valence-corrected chi connectivity index (χ3v) is 6.93. The highest BCUT2D eigenvalue weighted by Gasteiger charge is 2.38. The first kappa shape index (κ1) is 31.2. The topological polar surface area (TPSA) is 87.7 Å². The molecule has 2 rings (SSSR count). The highest BCUT2D eigenvalue weighted by Crippen LogP contribution is 2.31. The van der Waals surface area contributed by atoms with Gasteiger partial charge in [-0.25, -0.2) is 4.79 Å². The number of hydrogen-bond donors (Lipinski definition) is 2. The van der Waals surface area contributed by atoms with E-state index in [0.29, 0.717) is 17.9 Å². The van der Waals surface area contributed by atoms with E-state index in [9.17, 15) is 14.4 Å². The quantitative estimate of drug-likeness (QED) is 0.375. The van der Waals surface area contributed by atoms with Crippen LogP contribution in [0.5, 0.6) is 0 Å². The normalized spacial score (nSPS) is 13.0. The van der Waals surface area contributed by atoms with Crippen LogP contribution in [0.25, 0.3) is 0 Å². The van der Waals surface area contributed by atoms with Gasteiger partial charge in [0.15, 0.2) is 0 Å². The van der Waals surface area contributed by atoms with Crippen LogP contribution in [0, 0.1) is 20.8 Å². The number of thioether (sulfide) groups is 1. The number of nitrogens with one attached hydrogen (secondary N) is 2. The van der Waals surface area contributed by atoms with E-state index in [0.717, 1.165) is 22.3 Å². The maximum atomic E-state index is 14.2. The molecule has 208 valence electrons. The molecule has 2 atom stereocenters. The second-order valence-corrected chi connectivity index (χ2v) is 11.8. The molecule has 0 bridgehead atoms. The van der Waals surface area contributed by atoms with E-state index in [1.54, 1.807) is 37.4 Å². The molecule has 38 heavy (non-hydrogen) atoms. The largest absolute Gasteiger partial charge is 0.444 e. The lowest BCUT2D eigenvalue weighted by atomic mass is 9.94. The molecule has 0 aliphatic heterocycles. The first-order valence-electron chi connectivity index (χ1n) is 13.0. The third kappa shape index (κ3) is 8.51. The second kappa shape index (κ2) is 13.7. The van der Waals surface area contributed by atoms with E-state index in [1.165, 1.54) is 0 Å².